The number of benzene rings is 1. The first-order valence-corrected chi connectivity index (χ1v) is 8.61. The average Bonchev–Trinajstić information content (AvgIpc) is 3.32. The molecule has 0 amide bonds. The van der Waals surface area contributed by atoms with Gasteiger partial charge >= 0.3 is 0 Å². The van der Waals surface area contributed by atoms with Gasteiger partial charge in [0.25, 0.3) is 0 Å². The number of hydrogen-bond donors (Lipinski definition) is 1. The van der Waals surface area contributed by atoms with Crippen LogP contribution in [0.15, 0.2) is 34.7 Å². The Labute approximate surface area is 136 Å². The second kappa shape index (κ2) is 6.42. The molecule has 1 aromatic heterocycles. The van der Waals surface area contributed by atoms with Crippen LogP contribution in [0.4, 0.5) is 0 Å². The molecule has 1 aromatic carbocycles. The maximum absolute atomic E-state index is 6.06. The van der Waals surface area contributed by atoms with Crippen molar-refractivity contribution in [2.45, 2.75) is 50.2 Å². The van der Waals surface area contributed by atoms with Crippen LogP contribution in [0.3, 0.4) is 0 Å². The van der Waals surface area contributed by atoms with Crippen LogP contribution in [0, 0.1) is 0 Å². The highest BCUT2D eigenvalue weighted by atomic mass is 16.5. The quantitative estimate of drug-likeness (QED) is 0.919. The maximum Gasteiger partial charge on any atom is 0.247 e. The van der Waals surface area contributed by atoms with Crippen LogP contribution in [0.1, 0.15) is 38.0 Å². The van der Waals surface area contributed by atoms with Crippen LogP contribution in [0.25, 0.3) is 11.5 Å². The smallest absolute Gasteiger partial charge is 0.247 e. The van der Waals surface area contributed by atoms with Crippen molar-refractivity contribution in [2.75, 3.05) is 13.2 Å². The number of hydrogen-bond acceptors (Lipinski definition) is 5. The van der Waals surface area contributed by atoms with E-state index < -0.39 is 0 Å². The van der Waals surface area contributed by atoms with E-state index in [0.29, 0.717) is 17.8 Å². The molecule has 2 aliphatic rings. The monoisotopic (exact) mass is 313 g/mol. The largest absolute Gasteiger partial charge is 0.421 e. The van der Waals surface area contributed by atoms with Gasteiger partial charge in [-0.1, -0.05) is 31.0 Å². The predicted octanol–water partition coefficient (Wildman–Crippen LogP) is 2.97. The van der Waals surface area contributed by atoms with Crippen LogP contribution >= 0.6 is 0 Å². The Morgan fingerprint density at radius 2 is 1.96 bits per heavy atom. The molecule has 0 bridgehead atoms. The lowest BCUT2D eigenvalue weighted by Crippen LogP contribution is -2.46. The van der Waals surface area contributed by atoms with Crippen LogP contribution in [-0.2, 0) is 11.2 Å². The van der Waals surface area contributed by atoms with Gasteiger partial charge in [-0.05, 0) is 31.4 Å². The van der Waals surface area contributed by atoms with Gasteiger partial charge < -0.3 is 14.5 Å². The molecule has 5 nitrogen and oxygen atoms in total. The summed E-state index contributed by atoms with van der Waals surface area (Å²) in [6, 6.07) is 10.4. The number of ether oxygens (including phenoxy) is 1. The molecule has 1 unspecified atom stereocenters. The molecular formula is C18H23N3O2. The molecular weight excluding hydrogens is 290 g/mol. The molecule has 1 aliphatic heterocycles. The Bertz CT molecular complexity index is 629. The minimum atomic E-state index is 0.101. The molecule has 1 spiro atoms. The molecule has 122 valence electrons. The summed E-state index contributed by atoms with van der Waals surface area (Å²) in [4.78, 5) is 0. The van der Waals surface area contributed by atoms with Crippen LogP contribution in [-0.4, -0.2) is 35.0 Å². The minimum Gasteiger partial charge on any atom is -0.421 e. The molecule has 23 heavy (non-hydrogen) atoms. The third-order valence-electron chi connectivity index (χ3n) is 5.10. The van der Waals surface area contributed by atoms with E-state index in [9.17, 15) is 0 Å². The highest BCUT2D eigenvalue weighted by Gasteiger charge is 2.45. The molecule has 2 fully saturated rings. The van der Waals surface area contributed by atoms with E-state index in [0.717, 1.165) is 31.6 Å². The summed E-state index contributed by atoms with van der Waals surface area (Å²) in [5.74, 6) is 1.29. The summed E-state index contributed by atoms with van der Waals surface area (Å²) in [6.07, 6.45) is 6.85. The topological polar surface area (TPSA) is 60.2 Å². The summed E-state index contributed by atoms with van der Waals surface area (Å²) in [5, 5.41) is 12.0. The van der Waals surface area contributed by atoms with Gasteiger partial charge in [-0.3, -0.25) is 0 Å². The fourth-order valence-corrected chi connectivity index (χ4v) is 3.90. The van der Waals surface area contributed by atoms with Crippen molar-refractivity contribution in [3.05, 3.63) is 36.2 Å². The summed E-state index contributed by atoms with van der Waals surface area (Å²) in [5.41, 5.74) is 1.07. The molecule has 5 heteroatoms. The van der Waals surface area contributed by atoms with Gasteiger partial charge in [-0.2, -0.15) is 0 Å². The summed E-state index contributed by atoms with van der Waals surface area (Å²) >= 11 is 0. The molecule has 1 atom stereocenters. The Balaban J connectivity index is 1.33. The van der Waals surface area contributed by atoms with E-state index in [2.05, 4.69) is 15.5 Å². The molecule has 0 radical (unpaired) electrons. The van der Waals surface area contributed by atoms with Crippen LogP contribution in [0.5, 0.6) is 0 Å². The number of nitrogens with zero attached hydrogens (tertiary/aromatic N) is 2. The summed E-state index contributed by atoms with van der Waals surface area (Å²) < 4.78 is 11.8. The van der Waals surface area contributed by atoms with E-state index in [4.69, 9.17) is 9.15 Å². The zero-order chi connectivity index (χ0) is 15.5. The third kappa shape index (κ3) is 3.03. The fraction of sp³-hybridized carbons (Fsp3) is 0.556. The standard InChI is InChI=1S/C18H23N3O2/c1-2-6-14(7-3-1)17-21-20-16(23-17)8-12-19-15-9-13-22-18(15)10-4-5-11-18/h1-3,6-7,15,19H,4-5,8-13H2. The molecule has 1 saturated carbocycles. The number of aromatic nitrogens is 2. The van der Waals surface area contributed by atoms with Gasteiger partial charge in [0.15, 0.2) is 0 Å². The second-order valence-electron chi connectivity index (χ2n) is 6.53. The van der Waals surface area contributed by atoms with E-state index >= 15 is 0 Å². The molecule has 2 heterocycles. The fourth-order valence-electron chi connectivity index (χ4n) is 3.90. The lowest BCUT2D eigenvalue weighted by molar-refractivity contribution is -0.00447. The normalized spacial score (nSPS) is 22.9. The molecule has 1 saturated heterocycles. The summed E-state index contributed by atoms with van der Waals surface area (Å²) in [6.45, 7) is 1.74. The SMILES string of the molecule is c1ccc(-c2nnc(CCNC3CCOC34CCCC4)o2)cc1. The van der Waals surface area contributed by atoms with Gasteiger partial charge in [0.2, 0.25) is 11.8 Å². The van der Waals surface area contributed by atoms with Crippen molar-refractivity contribution >= 4 is 0 Å². The lowest BCUT2D eigenvalue weighted by atomic mass is 9.92. The Morgan fingerprint density at radius 1 is 1.13 bits per heavy atom. The first-order chi connectivity index (χ1) is 11.4. The van der Waals surface area contributed by atoms with Crippen LogP contribution < -0.4 is 5.32 Å². The van der Waals surface area contributed by atoms with Gasteiger partial charge in [-0.15, -0.1) is 10.2 Å². The minimum absolute atomic E-state index is 0.101. The zero-order valence-corrected chi connectivity index (χ0v) is 13.3. The molecule has 1 aliphatic carbocycles. The highest BCUT2D eigenvalue weighted by molar-refractivity contribution is 5.51. The molecule has 1 N–H and O–H groups in total. The maximum atomic E-state index is 6.06. The van der Waals surface area contributed by atoms with Crippen LogP contribution in [0.2, 0.25) is 0 Å². The van der Waals surface area contributed by atoms with Gasteiger partial charge in [-0.25, -0.2) is 0 Å². The first kappa shape index (κ1) is 14.8. The van der Waals surface area contributed by atoms with E-state index in [-0.39, 0.29) is 5.60 Å². The predicted molar refractivity (Wildman–Crippen MR) is 87.0 cm³/mol. The van der Waals surface area contributed by atoms with E-state index in [1.165, 1.54) is 25.7 Å². The first-order valence-electron chi connectivity index (χ1n) is 8.61. The Kier molecular flexibility index (Phi) is 4.14. The number of nitrogens with one attached hydrogen (secondary N) is 1. The number of rotatable bonds is 5. The van der Waals surface area contributed by atoms with Gasteiger partial charge in [0, 0.05) is 31.2 Å². The zero-order valence-electron chi connectivity index (χ0n) is 13.3. The Morgan fingerprint density at radius 3 is 2.78 bits per heavy atom. The second-order valence-corrected chi connectivity index (χ2v) is 6.53. The van der Waals surface area contributed by atoms with Crippen molar-refractivity contribution in [3.63, 3.8) is 0 Å². The lowest BCUT2D eigenvalue weighted by Gasteiger charge is -2.30. The van der Waals surface area contributed by atoms with Gasteiger partial charge in [0.1, 0.15) is 0 Å². The van der Waals surface area contributed by atoms with E-state index in [1.54, 1.807) is 0 Å². The third-order valence-corrected chi connectivity index (χ3v) is 5.10. The average molecular weight is 313 g/mol. The highest BCUT2D eigenvalue weighted by Crippen LogP contribution is 2.40. The van der Waals surface area contributed by atoms with Crippen molar-refractivity contribution in [3.8, 4) is 11.5 Å². The van der Waals surface area contributed by atoms with E-state index in [1.807, 2.05) is 30.3 Å². The van der Waals surface area contributed by atoms with Crippen molar-refractivity contribution < 1.29 is 9.15 Å². The summed E-state index contributed by atoms with van der Waals surface area (Å²) in [7, 11) is 0. The van der Waals surface area contributed by atoms with Crippen molar-refractivity contribution in [1.82, 2.24) is 15.5 Å². The molecule has 2 aromatic rings. The molecule has 4 rings (SSSR count). The Hall–Kier alpha value is -1.72. The van der Waals surface area contributed by atoms with Gasteiger partial charge in [0.05, 0.1) is 5.60 Å². The van der Waals surface area contributed by atoms with Crippen molar-refractivity contribution in [1.29, 1.82) is 0 Å². The van der Waals surface area contributed by atoms with Crippen molar-refractivity contribution in [2.24, 2.45) is 0 Å².